The van der Waals surface area contributed by atoms with E-state index in [1.807, 2.05) is 0 Å². The number of anilines is 1. The fourth-order valence-corrected chi connectivity index (χ4v) is 2.66. The maximum absolute atomic E-state index is 8.42. The van der Waals surface area contributed by atoms with Crippen LogP contribution in [0.1, 0.15) is 18.4 Å². The molecule has 0 atom stereocenters. The average molecular weight is 287 g/mol. The number of aryl methyl sites for hydroxylation is 1. The Labute approximate surface area is 127 Å². The first-order valence-electron chi connectivity index (χ1n) is 7.78. The van der Waals surface area contributed by atoms with Crippen LogP contribution in [0.15, 0.2) is 24.3 Å². The predicted octanol–water partition coefficient (Wildman–Crippen LogP) is 2.44. The van der Waals surface area contributed by atoms with Crippen molar-refractivity contribution in [3.05, 3.63) is 29.8 Å². The molecule has 1 fully saturated rings. The first-order valence-corrected chi connectivity index (χ1v) is 7.78. The number of nitriles is 1. The summed E-state index contributed by atoms with van der Waals surface area (Å²) in [5.41, 5.74) is 2.67. The lowest BCUT2D eigenvalue weighted by molar-refractivity contribution is 0.124. The molecule has 1 aliphatic heterocycles. The molecule has 21 heavy (non-hydrogen) atoms. The van der Waals surface area contributed by atoms with Gasteiger partial charge in [0.25, 0.3) is 0 Å². The largest absolute Gasteiger partial charge is 0.380 e. The Bertz CT molecular complexity index is 461. The molecule has 0 bridgehead atoms. The van der Waals surface area contributed by atoms with Gasteiger partial charge >= 0.3 is 0 Å². The van der Waals surface area contributed by atoms with E-state index < -0.39 is 0 Å². The van der Waals surface area contributed by atoms with Gasteiger partial charge in [-0.15, -0.1) is 0 Å². The zero-order chi connectivity index (χ0) is 14.9. The van der Waals surface area contributed by atoms with E-state index in [0.29, 0.717) is 13.0 Å². The van der Waals surface area contributed by atoms with Gasteiger partial charge in [-0.25, -0.2) is 0 Å². The molecular formula is C17H25N3O. The van der Waals surface area contributed by atoms with Crippen molar-refractivity contribution in [3.63, 3.8) is 0 Å². The lowest BCUT2D eigenvalue weighted by Gasteiger charge is -2.36. The number of nitrogens with zero attached hydrogens (tertiary/aromatic N) is 3. The van der Waals surface area contributed by atoms with Gasteiger partial charge in [0.2, 0.25) is 0 Å². The van der Waals surface area contributed by atoms with Gasteiger partial charge in [-0.3, -0.25) is 4.90 Å². The first kappa shape index (κ1) is 15.8. The summed E-state index contributed by atoms with van der Waals surface area (Å²) >= 11 is 0. The van der Waals surface area contributed by atoms with Gasteiger partial charge in [0.05, 0.1) is 19.1 Å². The summed E-state index contributed by atoms with van der Waals surface area (Å²) in [4.78, 5) is 4.97. The molecule has 0 saturated carbocycles. The van der Waals surface area contributed by atoms with E-state index in [4.69, 9.17) is 10.00 Å². The zero-order valence-corrected chi connectivity index (χ0v) is 12.9. The SMILES string of the molecule is Cc1cccc(N2CCN(CCCOCCC#N)CC2)c1. The predicted molar refractivity (Wildman–Crippen MR) is 85.5 cm³/mol. The van der Waals surface area contributed by atoms with Crippen LogP contribution in [-0.4, -0.2) is 50.8 Å². The Morgan fingerprint density at radius 2 is 2.00 bits per heavy atom. The Kier molecular flexibility index (Phi) is 6.52. The molecule has 1 saturated heterocycles. The van der Waals surface area contributed by atoms with E-state index in [0.717, 1.165) is 45.8 Å². The molecule has 0 spiro atoms. The van der Waals surface area contributed by atoms with Crippen LogP contribution in [0.25, 0.3) is 0 Å². The highest BCUT2D eigenvalue weighted by atomic mass is 16.5. The summed E-state index contributed by atoms with van der Waals surface area (Å²) in [6.07, 6.45) is 1.55. The van der Waals surface area contributed by atoms with Crippen LogP contribution in [-0.2, 0) is 4.74 Å². The molecule has 4 nitrogen and oxygen atoms in total. The van der Waals surface area contributed by atoms with Crippen molar-refractivity contribution in [2.75, 3.05) is 50.8 Å². The van der Waals surface area contributed by atoms with Gasteiger partial charge in [0.1, 0.15) is 0 Å². The number of piperazine rings is 1. The molecule has 1 aromatic carbocycles. The molecule has 0 aromatic heterocycles. The molecule has 2 rings (SSSR count). The van der Waals surface area contributed by atoms with Crippen molar-refractivity contribution >= 4 is 5.69 Å². The first-order chi connectivity index (χ1) is 10.3. The number of benzene rings is 1. The Morgan fingerprint density at radius 3 is 2.71 bits per heavy atom. The second-order valence-electron chi connectivity index (χ2n) is 5.54. The van der Waals surface area contributed by atoms with E-state index in [1.54, 1.807) is 0 Å². The van der Waals surface area contributed by atoms with E-state index in [2.05, 4.69) is 47.1 Å². The normalized spacial score (nSPS) is 15.9. The van der Waals surface area contributed by atoms with Gasteiger partial charge in [-0.1, -0.05) is 12.1 Å². The summed E-state index contributed by atoms with van der Waals surface area (Å²) < 4.78 is 5.41. The minimum Gasteiger partial charge on any atom is -0.380 e. The maximum Gasteiger partial charge on any atom is 0.0645 e. The average Bonchev–Trinajstić information content (AvgIpc) is 2.51. The minimum absolute atomic E-state index is 0.495. The van der Waals surface area contributed by atoms with Gasteiger partial charge < -0.3 is 9.64 Å². The van der Waals surface area contributed by atoms with E-state index in [-0.39, 0.29) is 0 Å². The number of rotatable bonds is 7. The molecule has 0 aliphatic carbocycles. The van der Waals surface area contributed by atoms with Crippen molar-refractivity contribution < 1.29 is 4.74 Å². The fourth-order valence-electron chi connectivity index (χ4n) is 2.66. The summed E-state index contributed by atoms with van der Waals surface area (Å²) in [5.74, 6) is 0. The van der Waals surface area contributed by atoms with Crippen LogP contribution in [0.4, 0.5) is 5.69 Å². The highest BCUT2D eigenvalue weighted by Gasteiger charge is 2.16. The van der Waals surface area contributed by atoms with Gasteiger partial charge in [-0.05, 0) is 31.0 Å². The fraction of sp³-hybridized carbons (Fsp3) is 0.588. The lowest BCUT2D eigenvalue weighted by Crippen LogP contribution is -2.46. The summed E-state index contributed by atoms with van der Waals surface area (Å²) in [6, 6.07) is 10.8. The molecule has 1 aliphatic rings. The molecule has 0 radical (unpaired) electrons. The zero-order valence-electron chi connectivity index (χ0n) is 12.9. The molecule has 1 heterocycles. The third-order valence-electron chi connectivity index (χ3n) is 3.86. The second-order valence-corrected chi connectivity index (χ2v) is 5.54. The molecule has 4 heteroatoms. The monoisotopic (exact) mass is 287 g/mol. The van der Waals surface area contributed by atoms with Crippen molar-refractivity contribution in [1.82, 2.24) is 4.90 Å². The van der Waals surface area contributed by atoms with Gasteiger partial charge in [-0.2, -0.15) is 5.26 Å². The van der Waals surface area contributed by atoms with Crippen molar-refractivity contribution in [1.29, 1.82) is 5.26 Å². The summed E-state index contributed by atoms with van der Waals surface area (Å²) in [5, 5.41) is 8.42. The van der Waals surface area contributed by atoms with E-state index in [9.17, 15) is 0 Å². The molecule has 0 amide bonds. The Morgan fingerprint density at radius 1 is 1.19 bits per heavy atom. The molecule has 0 N–H and O–H groups in total. The minimum atomic E-state index is 0.495. The molecule has 114 valence electrons. The highest BCUT2D eigenvalue weighted by Crippen LogP contribution is 2.17. The maximum atomic E-state index is 8.42. The van der Waals surface area contributed by atoms with Crippen LogP contribution in [0.3, 0.4) is 0 Å². The van der Waals surface area contributed by atoms with E-state index in [1.165, 1.54) is 11.3 Å². The van der Waals surface area contributed by atoms with Crippen LogP contribution in [0.2, 0.25) is 0 Å². The standard InChI is InChI=1S/C17H25N3O/c1-16-5-2-6-17(15-16)20-11-9-19(10-12-20)8-4-14-21-13-3-7-18/h2,5-6,15H,3-4,8-14H2,1H3. The van der Waals surface area contributed by atoms with Crippen molar-refractivity contribution in [3.8, 4) is 6.07 Å². The van der Waals surface area contributed by atoms with Crippen molar-refractivity contribution in [2.24, 2.45) is 0 Å². The third kappa shape index (κ3) is 5.37. The second kappa shape index (κ2) is 8.66. The lowest BCUT2D eigenvalue weighted by atomic mass is 10.2. The molecule has 1 aromatic rings. The Hall–Kier alpha value is -1.57. The van der Waals surface area contributed by atoms with Crippen LogP contribution in [0.5, 0.6) is 0 Å². The highest BCUT2D eigenvalue weighted by molar-refractivity contribution is 5.48. The topological polar surface area (TPSA) is 39.5 Å². The summed E-state index contributed by atoms with van der Waals surface area (Å²) in [7, 11) is 0. The van der Waals surface area contributed by atoms with Crippen LogP contribution >= 0.6 is 0 Å². The van der Waals surface area contributed by atoms with Crippen LogP contribution in [0, 0.1) is 18.3 Å². The molecule has 0 unspecified atom stereocenters. The third-order valence-corrected chi connectivity index (χ3v) is 3.86. The van der Waals surface area contributed by atoms with Crippen molar-refractivity contribution in [2.45, 2.75) is 19.8 Å². The number of ether oxygens (including phenoxy) is 1. The smallest absolute Gasteiger partial charge is 0.0645 e. The quantitative estimate of drug-likeness (QED) is 0.722. The Balaban J connectivity index is 1.63. The molecular weight excluding hydrogens is 262 g/mol. The number of hydrogen-bond acceptors (Lipinski definition) is 4. The number of hydrogen-bond donors (Lipinski definition) is 0. The van der Waals surface area contributed by atoms with Gasteiger partial charge in [0, 0.05) is 45.0 Å². The van der Waals surface area contributed by atoms with Gasteiger partial charge in [0.15, 0.2) is 0 Å². The summed E-state index contributed by atoms with van der Waals surface area (Å²) in [6.45, 7) is 8.99. The van der Waals surface area contributed by atoms with Crippen LogP contribution < -0.4 is 4.90 Å². The van der Waals surface area contributed by atoms with E-state index >= 15 is 0 Å².